The molecule has 2 N–H and O–H groups in total. The van der Waals surface area contributed by atoms with Crippen molar-refractivity contribution in [1.82, 2.24) is 9.88 Å². The Labute approximate surface area is 186 Å². The highest BCUT2D eigenvalue weighted by atomic mass is 35.5. The Balaban J connectivity index is 1.67. The van der Waals surface area contributed by atoms with Gasteiger partial charge >= 0.3 is 5.97 Å². The number of carboxylic acids is 1. The number of fused-ring (bicyclic) bond motifs is 1. The number of carboxylic acid groups (broad SMARTS) is 1. The van der Waals surface area contributed by atoms with Crippen molar-refractivity contribution in [3.05, 3.63) is 112 Å². The van der Waals surface area contributed by atoms with Crippen LogP contribution in [0.1, 0.15) is 32.7 Å². The third-order valence-electron chi connectivity index (χ3n) is 5.38. The van der Waals surface area contributed by atoms with E-state index in [-0.39, 0.29) is 0 Å². The van der Waals surface area contributed by atoms with Crippen LogP contribution in [0.25, 0.3) is 17.0 Å². The summed E-state index contributed by atoms with van der Waals surface area (Å²) >= 11 is 5.96. The third kappa shape index (κ3) is 4.55. The standard InChI is InChI=1S/C26H23ClN2O2/c1-2-18-7-9-20(10-8-18)17-29-24-6-4-3-5-22(24)23(25(29)26(30)31)16-28-15-19-11-13-21(27)14-12-19/h2-14,28H,1,15-17H2,(H,30,31). The number of para-hydroxylation sites is 1. The molecule has 1 aromatic heterocycles. The highest BCUT2D eigenvalue weighted by Crippen LogP contribution is 2.28. The summed E-state index contributed by atoms with van der Waals surface area (Å²) in [4.78, 5) is 12.3. The fraction of sp³-hybridized carbons (Fsp3) is 0.115. The number of benzene rings is 3. The predicted molar refractivity (Wildman–Crippen MR) is 127 cm³/mol. The van der Waals surface area contributed by atoms with Gasteiger partial charge in [0.15, 0.2) is 0 Å². The van der Waals surface area contributed by atoms with E-state index in [0.717, 1.165) is 33.2 Å². The van der Waals surface area contributed by atoms with Gasteiger partial charge in [0.1, 0.15) is 5.69 Å². The van der Waals surface area contributed by atoms with Gasteiger partial charge < -0.3 is 15.0 Å². The molecular weight excluding hydrogens is 408 g/mol. The van der Waals surface area contributed by atoms with Crippen LogP contribution in [0.5, 0.6) is 0 Å². The van der Waals surface area contributed by atoms with Gasteiger partial charge in [0.2, 0.25) is 0 Å². The molecule has 4 rings (SSSR count). The quantitative estimate of drug-likeness (QED) is 0.362. The maximum Gasteiger partial charge on any atom is 0.352 e. The fourth-order valence-corrected chi connectivity index (χ4v) is 3.96. The Bertz CT molecular complexity index is 1220. The van der Waals surface area contributed by atoms with Gasteiger partial charge in [-0.1, -0.05) is 78.9 Å². The van der Waals surface area contributed by atoms with Crippen molar-refractivity contribution >= 4 is 34.5 Å². The molecule has 0 unspecified atom stereocenters. The summed E-state index contributed by atoms with van der Waals surface area (Å²) < 4.78 is 1.89. The molecule has 0 spiro atoms. The van der Waals surface area contributed by atoms with Crippen LogP contribution in [-0.2, 0) is 19.6 Å². The second kappa shape index (κ2) is 9.21. The lowest BCUT2D eigenvalue weighted by molar-refractivity contribution is 0.0685. The summed E-state index contributed by atoms with van der Waals surface area (Å²) in [5.74, 6) is -0.929. The second-order valence-corrected chi connectivity index (χ2v) is 7.85. The van der Waals surface area contributed by atoms with E-state index in [1.165, 1.54) is 0 Å². The number of nitrogens with zero attached hydrogens (tertiary/aromatic N) is 1. The lowest BCUT2D eigenvalue weighted by atomic mass is 10.1. The van der Waals surface area contributed by atoms with Crippen LogP contribution < -0.4 is 5.32 Å². The topological polar surface area (TPSA) is 54.3 Å². The molecule has 0 aliphatic heterocycles. The SMILES string of the molecule is C=Cc1ccc(Cn2c(C(=O)O)c(CNCc3ccc(Cl)cc3)c3ccccc32)cc1. The van der Waals surface area contributed by atoms with Crippen LogP contribution in [0.4, 0.5) is 0 Å². The smallest absolute Gasteiger partial charge is 0.352 e. The molecule has 4 nitrogen and oxygen atoms in total. The number of nitrogens with one attached hydrogen (secondary N) is 1. The molecule has 0 fully saturated rings. The van der Waals surface area contributed by atoms with Crippen molar-refractivity contribution in [2.75, 3.05) is 0 Å². The summed E-state index contributed by atoms with van der Waals surface area (Å²) in [6.45, 7) is 5.34. The molecule has 0 saturated carbocycles. The molecule has 0 bridgehead atoms. The van der Waals surface area contributed by atoms with Crippen LogP contribution in [0.2, 0.25) is 5.02 Å². The zero-order valence-corrected chi connectivity index (χ0v) is 17.8. The summed E-state index contributed by atoms with van der Waals surface area (Å²) in [6.07, 6.45) is 1.79. The number of hydrogen-bond donors (Lipinski definition) is 2. The van der Waals surface area contributed by atoms with E-state index in [2.05, 4.69) is 11.9 Å². The van der Waals surface area contributed by atoms with Crippen molar-refractivity contribution in [1.29, 1.82) is 0 Å². The minimum Gasteiger partial charge on any atom is -0.477 e. The maximum absolute atomic E-state index is 12.3. The Morgan fingerprint density at radius 3 is 2.32 bits per heavy atom. The molecule has 0 aliphatic rings. The van der Waals surface area contributed by atoms with Gasteiger partial charge in [0, 0.05) is 41.1 Å². The molecule has 0 aliphatic carbocycles. The van der Waals surface area contributed by atoms with E-state index in [9.17, 15) is 9.90 Å². The number of aromatic nitrogens is 1. The second-order valence-electron chi connectivity index (χ2n) is 7.41. The molecule has 0 radical (unpaired) electrons. The van der Waals surface area contributed by atoms with Crippen LogP contribution in [0.3, 0.4) is 0 Å². The molecule has 0 saturated heterocycles. The molecule has 4 aromatic rings. The first-order valence-corrected chi connectivity index (χ1v) is 10.4. The average molecular weight is 431 g/mol. The molecule has 1 heterocycles. The zero-order chi connectivity index (χ0) is 21.8. The monoisotopic (exact) mass is 430 g/mol. The number of carbonyl (C=O) groups is 1. The maximum atomic E-state index is 12.3. The first-order valence-electron chi connectivity index (χ1n) is 10.1. The normalized spacial score (nSPS) is 11.0. The Morgan fingerprint density at radius 2 is 1.65 bits per heavy atom. The molecule has 5 heteroatoms. The van der Waals surface area contributed by atoms with Crippen LogP contribution >= 0.6 is 11.6 Å². The van der Waals surface area contributed by atoms with E-state index in [4.69, 9.17) is 11.6 Å². The molecule has 31 heavy (non-hydrogen) atoms. The zero-order valence-electron chi connectivity index (χ0n) is 17.0. The van der Waals surface area contributed by atoms with Crippen molar-refractivity contribution in [3.63, 3.8) is 0 Å². The third-order valence-corrected chi connectivity index (χ3v) is 5.63. The van der Waals surface area contributed by atoms with E-state index >= 15 is 0 Å². The van der Waals surface area contributed by atoms with Gasteiger partial charge in [-0.2, -0.15) is 0 Å². The highest BCUT2D eigenvalue weighted by molar-refractivity contribution is 6.30. The summed E-state index contributed by atoms with van der Waals surface area (Å²) in [7, 11) is 0. The first kappa shape index (κ1) is 20.9. The molecule has 0 amide bonds. The Hall–Kier alpha value is -3.34. The van der Waals surface area contributed by atoms with Gasteiger partial charge in [0.05, 0.1) is 0 Å². The van der Waals surface area contributed by atoms with E-state index in [1.54, 1.807) is 6.08 Å². The highest BCUT2D eigenvalue weighted by Gasteiger charge is 2.22. The van der Waals surface area contributed by atoms with Gasteiger partial charge in [-0.25, -0.2) is 4.79 Å². The summed E-state index contributed by atoms with van der Waals surface area (Å²) in [6, 6.07) is 23.5. The van der Waals surface area contributed by atoms with Gasteiger partial charge in [-0.3, -0.25) is 0 Å². The van der Waals surface area contributed by atoms with Crippen molar-refractivity contribution in [3.8, 4) is 0 Å². The van der Waals surface area contributed by atoms with Gasteiger partial charge in [-0.05, 0) is 34.9 Å². The minimum absolute atomic E-state index is 0.317. The molecular formula is C26H23ClN2O2. The molecule has 156 valence electrons. The Morgan fingerprint density at radius 1 is 0.968 bits per heavy atom. The fourth-order valence-electron chi connectivity index (χ4n) is 3.84. The summed E-state index contributed by atoms with van der Waals surface area (Å²) in [5.41, 5.74) is 5.18. The van der Waals surface area contributed by atoms with Crippen molar-refractivity contribution in [2.45, 2.75) is 19.6 Å². The predicted octanol–water partition coefficient (Wildman–Crippen LogP) is 5.97. The van der Waals surface area contributed by atoms with Crippen molar-refractivity contribution in [2.24, 2.45) is 0 Å². The van der Waals surface area contributed by atoms with Gasteiger partial charge in [0.25, 0.3) is 0 Å². The van der Waals surface area contributed by atoms with E-state index in [1.807, 2.05) is 77.4 Å². The van der Waals surface area contributed by atoms with Crippen LogP contribution in [-0.4, -0.2) is 15.6 Å². The largest absolute Gasteiger partial charge is 0.477 e. The average Bonchev–Trinajstić information content (AvgIpc) is 3.09. The lowest BCUT2D eigenvalue weighted by Gasteiger charge is -2.10. The Kier molecular flexibility index (Phi) is 6.21. The minimum atomic E-state index is -0.929. The molecule has 3 aromatic carbocycles. The van der Waals surface area contributed by atoms with Gasteiger partial charge in [-0.15, -0.1) is 0 Å². The number of rotatable bonds is 8. The number of hydrogen-bond acceptors (Lipinski definition) is 2. The van der Waals surface area contributed by atoms with E-state index < -0.39 is 5.97 Å². The van der Waals surface area contributed by atoms with Crippen molar-refractivity contribution < 1.29 is 9.90 Å². The molecule has 0 atom stereocenters. The van der Waals surface area contributed by atoms with Crippen LogP contribution in [0, 0.1) is 0 Å². The van der Waals surface area contributed by atoms with Crippen LogP contribution in [0.15, 0.2) is 79.4 Å². The number of halogens is 1. The summed E-state index contributed by atoms with van der Waals surface area (Å²) in [5, 5.41) is 15.1. The number of aromatic carboxylic acids is 1. The van der Waals surface area contributed by atoms with E-state index in [0.29, 0.717) is 30.4 Å². The first-order chi connectivity index (χ1) is 15.1. The lowest BCUT2D eigenvalue weighted by Crippen LogP contribution is -2.17.